The number of amides is 1. The second kappa shape index (κ2) is 4.67. The highest BCUT2D eigenvalue weighted by molar-refractivity contribution is 5.82. The van der Waals surface area contributed by atoms with Gasteiger partial charge in [-0.15, -0.1) is 0 Å². The van der Waals surface area contributed by atoms with E-state index in [1.807, 2.05) is 6.07 Å². The van der Waals surface area contributed by atoms with E-state index < -0.39 is 6.09 Å². The molecule has 0 atom stereocenters. The van der Waals surface area contributed by atoms with E-state index in [1.54, 1.807) is 30.3 Å². The second-order valence-corrected chi connectivity index (χ2v) is 2.51. The van der Waals surface area contributed by atoms with Crippen LogP contribution in [0.4, 0.5) is 10.5 Å². The summed E-state index contributed by atoms with van der Waals surface area (Å²) in [5.41, 5.74) is 1.36. The molecule has 0 aliphatic carbocycles. The highest BCUT2D eigenvalue weighted by atomic mass is 16.4. The Hall–Kier alpha value is -2.28. The molecule has 1 rings (SSSR count). The number of nitriles is 1. The van der Waals surface area contributed by atoms with Crippen LogP contribution in [0.3, 0.4) is 0 Å². The van der Waals surface area contributed by atoms with Crippen molar-refractivity contribution in [2.75, 3.05) is 5.32 Å². The Morgan fingerprint density at radius 2 is 2.07 bits per heavy atom. The number of carboxylic acid groups (broad SMARTS) is 1. The third-order valence-corrected chi connectivity index (χ3v) is 1.51. The molecule has 2 N–H and O–H groups in total. The van der Waals surface area contributed by atoms with Gasteiger partial charge < -0.3 is 5.11 Å². The molecule has 0 spiro atoms. The van der Waals surface area contributed by atoms with Crippen molar-refractivity contribution in [3.05, 3.63) is 35.9 Å². The summed E-state index contributed by atoms with van der Waals surface area (Å²) >= 11 is 0. The topological polar surface area (TPSA) is 73.1 Å². The van der Waals surface area contributed by atoms with Crippen molar-refractivity contribution in [1.29, 1.82) is 5.26 Å². The van der Waals surface area contributed by atoms with Crippen LogP contribution in [-0.2, 0) is 0 Å². The molecule has 0 radical (unpaired) electrons. The first-order chi connectivity index (χ1) is 6.72. The molecule has 4 nitrogen and oxygen atoms in total. The Kier molecular flexibility index (Phi) is 3.27. The summed E-state index contributed by atoms with van der Waals surface area (Å²) in [7, 11) is 0. The van der Waals surface area contributed by atoms with Crippen LogP contribution in [-0.4, -0.2) is 11.2 Å². The molecule has 1 aromatic rings. The number of hydrogen-bond donors (Lipinski definition) is 2. The predicted molar refractivity (Wildman–Crippen MR) is 52.7 cm³/mol. The van der Waals surface area contributed by atoms with E-state index in [4.69, 9.17) is 10.4 Å². The fourth-order valence-electron chi connectivity index (χ4n) is 0.935. The molecule has 14 heavy (non-hydrogen) atoms. The maximum atomic E-state index is 10.3. The number of anilines is 1. The van der Waals surface area contributed by atoms with Gasteiger partial charge in [0.15, 0.2) is 0 Å². The lowest BCUT2D eigenvalue weighted by Crippen LogP contribution is -2.06. The van der Waals surface area contributed by atoms with Crippen LogP contribution in [0.15, 0.2) is 30.3 Å². The van der Waals surface area contributed by atoms with Gasteiger partial charge in [-0.25, -0.2) is 4.79 Å². The fourth-order valence-corrected chi connectivity index (χ4v) is 0.935. The van der Waals surface area contributed by atoms with Gasteiger partial charge in [0.05, 0.1) is 6.07 Å². The molecule has 0 fully saturated rings. The molecule has 0 aliphatic rings. The summed E-state index contributed by atoms with van der Waals surface area (Å²) < 4.78 is 0. The molecular weight excluding hydrogens is 180 g/mol. The summed E-state index contributed by atoms with van der Waals surface area (Å²) in [6.07, 6.45) is 1.91. The highest BCUT2D eigenvalue weighted by Crippen LogP contribution is 2.10. The fraction of sp³-hybridized carbons (Fsp3) is 0. The van der Waals surface area contributed by atoms with Gasteiger partial charge in [0.1, 0.15) is 0 Å². The molecule has 0 saturated heterocycles. The standard InChI is InChI=1S/C10H8N2O2/c11-7-1-2-8-3-5-9(6-4-8)12-10(13)14/h1-6,12H,(H,13,14)/b2-1+. The van der Waals surface area contributed by atoms with Gasteiger partial charge in [-0.3, -0.25) is 5.32 Å². The van der Waals surface area contributed by atoms with Crippen LogP contribution in [0.1, 0.15) is 5.56 Å². The van der Waals surface area contributed by atoms with Gasteiger partial charge >= 0.3 is 6.09 Å². The molecule has 0 unspecified atom stereocenters. The van der Waals surface area contributed by atoms with E-state index in [9.17, 15) is 4.79 Å². The third kappa shape index (κ3) is 2.99. The Balaban J connectivity index is 2.74. The molecule has 0 bridgehead atoms. The van der Waals surface area contributed by atoms with Gasteiger partial charge in [0, 0.05) is 11.8 Å². The Labute approximate surface area is 81.1 Å². The zero-order chi connectivity index (χ0) is 10.4. The number of rotatable bonds is 2. The minimum atomic E-state index is -1.09. The SMILES string of the molecule is N#C/C=C/c1ccc(NC(=O)O)cc1. The summed E-state index contributed by atoms with van der Waals surface area (Å²) in [4.78, 5) is 10.3. The van der Waals surface area contributed by atoms with Gasteiger partial charge in [0.25, 0.3) is 0 Å². The van der Waals surface area contributed by atoms with Crippen LogP contribution in [0.25, 0.3) is 6.08 Å². The average molecular weight is 188 g/mol. The van der Waals surface area contributed by atoms with Crippen molar-refractivity contribution in [1.82, 2.24) is 0 Å². The molecule has 0 aromatic heterocycles. The van der Waals surface area contributed by atoms with Crippen LogP contribution in [0, 0.1) is 11.3 Å². The van der Waals surface area contributed by atoms with Crippen molar-refractivity contribution in [3.8, 4) is 6.07 Å². The van der Waals surface area contributed by atoms with Crippen LogP contribution < -0.4 is 5.32 Å². The molecular formula is C10H8N2O2. The summed E-state index contributed by atoms with van der Waals surface area (Å²) in [5, 5.41) is 18.9. The van der Waals surface area contributed by atoms with E-state index in [0.29, 0.717) is 5.69 Å². The Morgan fingerprint density at radius 3 is 2.57 bits per heavy atom. The number of carbonyl (C=O) groups is 1. The third-order valence-electron chi connectivity index (χ3n) is 1.51. The van der Waals surface area contributed by atoms with Gasteiger partial charge in [0.2, 0.25) is 0 Å². The number of allylic oxidation sites excluding steroid dienone is 1. The number of hydrogen-bond acceptors (Lipinski definition) is 2. The van der Waals surface area contributed by atoms with Gasteiger partial charge in [-0.2, -0.15) is 5.26 Å². The highest BCUT2D eigenvalue weighted by Gasteiger charge is 1.95. The minimum absolute atomic E-state index is 0.506. The maximum Gasteiger partial charge on any atom is 0.409 e. The first kappa shape index (κ1) is 9.81. The number of benzene rings is 1. The van der Waals surface area contributed by atoms with Crippen molar-refractivity contribution in [2.45, 2.75) is 0 Å². The molecule has 1 amide bonds. The molecule has 70 valence electrons. The lowest BCUT2D eigenvalue weighted by molar-refractivity contribution is 0.210. The predicted octanol–water partition coefficient (Wildman–Crippen LogP) is 2.31. The Morgan fingerprint density at radius 1 is 1.43 bits per heavy atom. The number of nitrogens with zero attached hydrogens (tertiary/aromatic N) is 1. The molecule has 0 saturated carbocycles. The second-order valence-electron chi connectivity index (χ2n) is 2.51. The summed E-state index contributed by atoms with van der Waals surface area (Å²) in [6, 6.07) is 8.58. The first-order valence-corrected chi connectivity index (χ1v) is 3.88. The van der Waals surface area contributed by atoms with Crippen LogP contribution in [0.2, 0.25) is 0 Å². The lowest BCUT2D eigenvalue weighted by atomic mass is 10.2. The number of nitrogens with one attached hydrogen (secondary N) is 1. The van der Waals surface area contributed by atoms with E-state index in [-0.39, 0.29) is 0 Å². The van der Waals surface area contributed by atoms with E-state index in [0.717, 1.165) is 5.56 Å². The normalized spacial score (nSPS) is 9.64. The van der Waals surface area contributed by atoms with Gasteiger partial charge in [-0.05, 0) is 23.8 Å². The molecule has 0 heterocycles. The smallest absolute Gasteiger partial charge is 0.409 e. The lowest BCUT2D eigenvalue weighted by Gasteiger charge is -1.99. The van der Waals surface area contributed by atoms with Crippen LogP contribution in [0.5, 0.6) is 0 Å². The quantitative estimate of drug-likeness (QED) is 0.699. The minimum Gasteiger partial charge on any atom is -0.465 e. The zero-order valence-corrected chi connectivity index (χ0v) is 7.27. The van der Waals surface area contributed by atoms with Gasteiger partial charge in [-0.1, -0.05) is 12.1 Å². The first-order valence-electron chi connectivity index (χ1n) is 3.88. The van der Waals surface area contributed by atoms with Crippen molar-refractivity contribution >= 4 is 17.9 Å². The van der Waals surface area contributed by atoms with Crippen molar-refractivity contribution in [2.24, 2.45) is 0 Å². The summed E-state index contributed by atoms with van der Waals surface area (Å²) in [6.45, 7) is 0. The monoisotopic (exact) mass is 188 g/mol. The van der Waals surface area contributed by atoms with Crippen LogP contribution >= 0.6 is 0 Å². The Bertz CT molecular complexity index is 388. The van der Waals surface area contributed by atoms with E-state index in [2.05, 4.69) is 5.32 Å². The maximum absolute atomic E-state index is 10.3. The average Bonchev–Trinajstić information content (AvgIpc) is 2.16. The van der Waals surface area contributed by atoms with Crippen molar-refractivity contribution in [3.63, 3.8) is 0 Å². The molecule has 0 aliphatic heterocycles. The van der Waals surface area contributed by atoms with Crippen molar-refractivity contribution < 1.29 is 9.90 Å². The molecule has 4 heteroatoms. The largest absolute Gasteiger partial charge is 0.465 e. The van der Waals surface area contributed by atoms with E-state index >= 15 is 0 Å². The zero-order valence-electron chi connectivity index (χ0n) is 7.27. The summed E-state index contributed by atoms with van der Waals surface area (Å²) in [5.74, 6) is 0. The molecule has 1 aromatic carbocycles. The van der Waals surface area contributed by atoms with E-state index in [1.165, 1.54) is 6.08 Å².